The molecule has 0 aromatic carbocycles. The standard InChI is InChI=1S/C15H13ClF3N5O2/c16-10-12(21-11(22-13(10)25)9-1-3-20-4-2-9)23-5-7-24(8-6-23)14(26)15(17,18)19/h1-4H,5-8H2,(H,21,22,25). The monoisotopic (exact) mass is 387 g/mol. The van der Waals surface area contributed by atoms with Crippen molar-refractivity contribution in [2.45, 2.75) is 6.18 Å². The number of pyridine rings is 1. The van der Waals surface area contributed by atoms with E-state index in [2.05, 4.69) is 15.0 Å². The zero-order chi connectivity index (χ0) is 18.9. The van der Waals surface area contributed by atoms with E-state index in [9.17, 15) is 22.8 Å². The zero-order valence-corrected chi connectivity index (χ0v) is 14.0. The van der Waals surface area contributed by atoms with E-state index >= 15 is 0 Å². The molecule has 3 rings (SSSR count). The molecule has 0 unspecified atom stereocenters. The number of alkyl halides is 3. The van der Waals surface area contributed by atoms with E-state index in [1.54, 1.807) is 17.0 Å². The quantitative estimate of drug-likeness (QED) is 0.848. The van der Waals surface area contributed by atoms with Gasteiger partial charge in [-0.2, -0.15) is 13.2 Å². The Balaban J connectivity index is 1.84. The molecule has 138 valence electrons. The summed E-state index contributed by atoms with van der Waals surface area (Å²) in [5.74, 6) is -1.44. The van der Waals surface area contributed by atoms with E-state index in [-0.39, 0.29) is 42.8 Å². The highest BCUT2D eigenvalue weighted by Crippen LogP contribution is 2.25. The molecule has 3 heterocycles. The third kappa shape index (κ3) is 3.64. The van der Waals surface area contributed by atoms with Crippen molar-refractivity contribution in [2.75, 3.05) is 31.1 Å². The van der Waals surface area contributed by atoms with Gasteiger partial charge in [-0.1, -0.05) is 11.6 Å². The first-order valence-corrected chi connectivity index (χ1v) is 7.96. The number of nitrogens with one attached hydrogen (secondary N) is 1. The molecular formula is C15H13ClF3N5O2. The van der Waals surface area contributed by atoms with Crippen LogP contribution in [0.1, 0.15) is 0 Å². The van der Waals surface area contributed by atoms with Gasteiger partial charge < -0.3 is 14.8 Å². The predicted octanol–water partition coefficient (Wildman–Crippen LogP) is 1.70. The van der Waals surface area contributed by atoms with E-state index in [0.717, 1.165) is 4.90 Å². The van der Waals surface area contributed by atoms with Crippen LogP contribution in [0.4, 0.5) is 19.0 Å². The van der Waals surface area contributed by atoms with Crippen molar-refractivity contribution >= 4 is 23.3 Å². The van der Waals surface area contributed by atoms with Crippen molar-refractivity contribution in [3.8, 4) is 11.4 Å². The summed E-state index contributed by atoms with van der Waals surface area (Å²) in [6.45, 7) is -0.136. The number of H-pyrrole nitrogens is 1. The topological polar surface area (TPSA) is 82.2 Å². The van der Waals surface area contributed by atoms with E-state index in [4.69, 9.17) is 11.6 Å². The number of amides is 1. The molecule has 1 aliphatic rings. The van der Waals surface area contributed by atoms with Crippen LogP contribution in [-0.2, 0) is 4.79 Å². The second-order valence-electron chi connectivity index (χ2n) is 5.57. The number of rotatable bonds is 2. The first-order chi connectivity index (χ1) is 12.3. The fraction of sp³-hybridized carbons (Fsp3) is 0.333. The number of aromatic nitrogens is 3. The molecule has 26 heavy (non-hydrogen) atoms. The number of hydrogen-bond acceptors (Lipinski definition) is 5. The molecule has 2 aromatic heterocycles. The Morgan fingerprint density at radius 1 is 1.15 bits per heavy atom. The Morgan fingerprint density at radius 3 is 2.35 bits per heavy atom. The van der Waals surface area contributed by atoms with Gasteiger partial charge in [0.1, 0.15) is 10.8 Å². The van der Waals surface area contributed by atoms with Gasteiger partial charge in [0.15, 0.2) is 5.82 Å². The number of hydrogen-bond donors (Lipinski definition) is 1. The molecule has 0 aliphatic carbocycles. The summed E-state index contributed by atoms with van der Waals surface area (Å²) in [4.78, 5) is 36.5. The van der Waals surface area contributed by atoms with Crippen LogP contribution in [0.2, 0.25) is 5.02 Å². The molecule has 0 bridgehead atoms. The van der Waals surface area contributed by atoms with Gasteiger partial charge in [-0.3, -0.25) is 14.6 Å². The maximum atomic E-state index is 12.5. The van der Waals surface area contributed by atoms with Crippen LogP contribution >= 0.6 is 11.6 Å². The number of anilines is 1. The van der Waals surface area contributed by atoms with Gasteiger partial charge in [0, 0.05) is 44.1 Å². The maximum absolute atomic E-state index is 12.5. The van der Waals surface area contributed by atoms with Crippen LogP contribution in [0.3, 0.4) is 0 Å². The van der Waals surface area contributed by atoms with Gasteiger partial charge in [0.05, 0.1) is 0 Å². The summed E-state index contributed by atoms with van der Waals surface area (Å²) in [6, 6.07) is 3.30. The first-order valence-electron chi connectivity index (χ1n) is 7.58. The summed E-state index contributed by atoms with van der Waals surface area (Å²) in [5, 5.41) is -0.154. The highest BCUT2D eigenvalue weighted by molar-refractivity contribution is 6.32. The third-order valence-electron chi connectivity index (χ3n) is 3.91. The number of nitrogens with zero attached hydrogens (tertiary/aromatic N) is 4. The summed E-state index contributed by atoms with van der Waals surface area (Å²) >= 11 is 6.04. The summed E-state index contributed by atoms with van der Waals surface area (Å²) in [6.07, 6.45) is -1.84. The Hall–Kier alpha value is -2.62. The molecule has 1 N–H and O–H groups in total. The fourth-order valence-electron chi connectivity index (χ4n) is 2.60. The molecule has 7 nitrogen and oxygen atoms in total. The SMILES string of the molecule is O=C(N1CCN(c2nc(-c3ccncc3)[nH]c(=O)c2Cl)CC1)C(F)(F)F. The summed E-state index contributed by atoms with van der Waals surface area (Å²) in [7, 11) is 0. The minimum atomic E-state index is -4.91. The van der Waals surface area contributed by atoms with Crippen molar-refractivity contribution in [1.82, 2.24) is 19.9 Å². The maximum Gasteiger partial charge on any atom is 0.471 e. The second kappa shape index (κ2) is 6.94. The van der Waals surface area contributed by atoms with Crippen LogP contribution in [-0.4, -0.2) is 58.1 Å². The van der Waals surface area contributed by atoms with Crippen molar-refractivity contribution in [2.24, 2.45) is 0 Å². The molecule has 2 aromatic rings. The molecule has 11 heteroatoms. The number of piperazine rings is 1. The average molecular weight is 388 g/mol. The van der Waals surface area contributed by atoms with Crippen LogP contribution in [0.25, 0.3) is 11.4 Å². The van der Waals surface area contributed by atoms with Crippen LogP contribution in [0.15, 0.2) is 29.3 Å². The summed E-state index contributed by atoms with van der Waals surface area (Å²) in [5.41, 5.74) is 0.0539. The molecular weight excluding hydrogens is 375 g/mol. The van der Waals surface area contributed by atoms with Gasteiger partial charge in [-0.25, -0.2) is 4.98 Å². The summed E-state index contributed by atoms with van der Waals surface area (Å²) < 4.78 is 37.6. The highest BCUT2D eigenvalue weighted by atomic mass is 35.5. The minimum Gasteiger partial charge on any atom is -0.352 e. The van der Waals surface area contributed by atoms with Crippen molar-refractivity contribution in [3.63, 3.8) is 0 Å². The molecule has 0 atom stereocenters. The average Bonchev–Trinajstić information content (AvgIpc) is 2.63. The van der Waals surface area contributed by atoms with E-state index < -0.39 is 17.6 Å². The van der Waals surface area contributed by atoms with E-state index in [1.807, 2.05) is 0 Å². The first kappa shape index (κ1) is 18.2. The van der Waals surface area contributed by atoms with Gasteiger partial charge >= 0.3 is 12.1 Å². The molecule has 1 aliphatic heterocycles. The van der Waals surface area contributed by atoms with E-state index in [0.29, 0.717) is 5.56 Å². The molecule has 1 fully saturated rings. The largest absolute Gasteiger partial charge is 0.471 e. The second-order valence-corrected chi connectivity index (χ2v) is 5.94. The molecule has 0 saturated carbocycles. The van der Waals surface area contributed by atoms with Crippen LogP contribution in [0, 0.1) is 0 Å². The third-order valence-corrected chi connectivity index (χ3v) is 4.25. The van der Waals surface area contributed by atoms with Crippen molar-refractivity contribution < 1.29 is 18.0 Å². The lowest BCUT2D eigenvalue weighted by Gasteiger charge is -2.35. The van der Waals surface area contributed by atoms with Crippen molar-refractivity contribution in [3.05, 3.63) is 39.9 Å². The normalized spacial score (nSPS) is 15.2. The molecule has 0 radical (unpaired) electrons. The van der Waals surface area contributed by atoms with Gasteiger partial charge in [-0.15, -0.1) is 0 Å². The van der Waals surface area contributed by atoms with Gasteiger partial charge in [0.25, 0.3) is 5.56 Å². The smallest absolute Gasteiger partial charge is 0.352 e. The highest BCUT2D eigenvalue weighted by Gasteiger charge is 2.43. The lowest BCUT2D eigenvalue weighted by Crippen LogP contribution is -2.52. The predicted molar refractivity (Wildman–Crippen MR) is 87.9 cm³/mol. The minimum absolute atomic E-state index is 0.0772. The lowest BCUT2D eigenvalue weighted by molar-refractivity contribution is -0.185. The van der Waals surface area contributed by atoms with Gasteiger partial charge in [-0.05, 0) is 12.1 Å². The molecule has 1 amide bonds. The number of carbonyl (C=O) groups is 1. The molecule has 1 saturated heterocycles. The Kier molecular flexibility index (Phi) is 4.86. The Morgan fingerprint density at radius 2 is 1.77 bits per heavy atom. The number of carbonyl (C=O) groups excluding carboxylic acids is 1. The zero-order valence-electron chi connectivity index (χ0n) is 13.3. The van der Waals surface area contributed by atoms with Crippen LogP contribution in [0.5, 0.6) is 0 Å². The Bertz CT molecular complexity index is 864. The fourth-order valence-corrected chi connectivity index (χ4v) is 2.81. The number of halogens is 4. The van der Waals surface area contributed by atoms with Gasteiger partial charge in [0.2, 0.25) is 0 Å². The molecule has 0 spiro atoms. The van der Waals surface area contributed by atoms with E-state index in [1.165, 1.54) is 12.4 Å². The lowest BCUT2D eigenvalue weighted by atomic mass is 10.2. The Labute approximate surface area is 150 Å². The van der Waals surface area contributed by atoms with Crippen LogP contribution < -0.4 is 10.5 Å². The number of aromatic amines is 1. The van der Waals surface area contributed by atoms with Crippen molar-refractivity contribution in [1.29, 1.82) is 0 Å².